The van der Waals surface area contributed by atoms with E-state index < -0.39 is 63.0 Å². The quantitative estimate of drug-likeness (QED) is 0.354. The minimum Gasteiger partial charge on any atom is -0.502 e. The predicted molar refractivity (Wildman–Crippen MR) is 133 cm³/mol. The van der Waals surface area contributed by atoms with Crippen molar-refractivity contribution in [3.63, 3.8) is 0 Å². The van der Waals surface area contributed by atoms with Gasteiger partial charge in [-0.25, -0.2) is 13.2 Å². The number of fused-ring (bicyclic) bond motifs is 7. The predicted octanol–water partition coefficient (Wildman–Crippen LogP) is 4.36. The Morgan fingerprint density at radius 2 is 1.74 bits per heavy atom. The molecule has 0 unspecified atom stereocenters. The van der Waals surface area contributed by atoms with Gasteiger partial charge in [-0.2, -0.15) is 4.39 Å². The molecule has 7 nitrogen and oxygen atoms in total. The van der Waals surface area contributed by atoms with Crippen LogP contribution in [0.5, 0.6) is 5.75 Å². The van der Waals surface area contributed by atoms with Gasteiger partial charge in [-0.15, -0.1) is 11.3 Å². The molecule has 2 aromatic heterocycles. The van der Waals surface area contributed by atoms with Gasteiger partial charge in [0.05, 0.1) is 19.3 Å². The Morgan fingerprint density at radius 1 is 0.949 bits per heavy atom. The van der Waals surface area contributed by atoms with Crippen LogP contribution in [0.1, 0.15) is 27.7 Å². The molecule has 39 heavy (non-hydrogen) atoms. The summed E-state index contributed by atoms with van der Waals surface area (Å²) in [5.74, 6) is -5.26. The summed E-state index contributed by atoms with van der Waals surface area (Å²) in [4.78, 5) is 27.3. The maximum atomic E-state index is 15.6. The fourth-order valence-electron chi connectivity index (χ4n) is 5.77. The van der Waals surface area contributed by atoms with Crippen molar-refractivity contribution in [2.75, 3.05) is 24.8 Å². The zero-order valence-corrected chi connectivity index (χ0v) is 20.6. The second-order valence-electron chi connectivity index (χ2n) is 9.37. The Morgan fingerprint density at radius 3 is 2.56 bits per heavy atom. The van der Waals surface area contributed by atoms with E-state index in [2.05, 4.69) is 0 Å². The van der Waals surface area contributed by atoms with Gasteiger partial charge in [-0.1, -0.05) is 30.3 Å². The lowest BCUT2D eigenvalue weighted by atomic mass is 9.91. The smallest absolute Gasteiger partial charge is 0.278 e. The fraction of sp³-hybridized carbons (Fsp3) is 0.185. The van der Waals surface area contributed by atoms with E-state index in [1.54, 1.807) is 29.3 Å². The van der Waals surface area contributed by atoms with Gasteiger partial charge in [0.1, 0.15) is 6.17 Å². The summed E-state index contributed by atoms with van der Waals surface area (Å²) in [5.41, 5.74) is -0.958. The highest BCUT2D eigenvalue weighted by molar-refractivity contribution is 7.14. The van der Waals surface area contributed by atoms with E-state index >= 15 is 8.78 Å². The Labute approximate surface area is 221 Å². The number of aromatic nitrogens is 1. The number of aromatic hydroxyl groups is 1. The van der Waals surface area contributed by atoms with Crippen molar-refractivity contribution in [1.82, 2.24) is 9.58 Å². The van der Waals surface area contributed by atoms with Crippen molar-refractivity contribution in [3.05, 3.63) is 98.3 Å². The molecule has 12 heteroatoms. The van der Waals surface area contributed by atoms with E-state index in [-0.39, 0.29) is 35.9 Å². The highest BCUT2D eigenvalue weighted by Gasteiger charge is 2.47. The minimum absolute atomic E-state index is 0.0144. The Balaban J connectivity index is 1.61. The average molecular weight is 556 g/mol. The van der Waals surface area contributed by atoms with Crippen molar-refractivity contribution in [2.45, 2.75) is 12.2 Å². The van der Waals surface area contributed by atoms with Crippen LogP contribution in [0.2, 0.25) is 0 Å². The zero-order chi connectivity index (χ0) is 27.2. The van der Waals surface area contributed by atoms with Crippen molar-refractivity contribution in [2.24, 2.45) is 0 Å². The first-order chi connectivity index (χ1) is 18.8. The second kappa shape index (κ2) is 8.42. The molecule has 2 aliphatic heterocycles. The number of ether oxygens (including phenoxy) is 1. The molecule has 1 fully saturated rings. The molecule has 4 heterocycles. The molecule has 1 aliphatic carbocycles. The molecule has 0 saturated carbocycles. The van der Waals surface area contributed by atoms with E-state index in [1.165, 1.54) is 21.8 Å². The van der Waals surface area contributed by atoms with Crippen LogP contribution in [-0.4, -0.2) is 46.5 Å². The fourth-order valence-corrected chi connectivity index (χ4v) is 6.73. The molecule has 7 rings (SSSR count). The Bertz CT molecular complexity index is 1770. The second-order valence-corrected chi connectivity index (χ2v) is 10.3. The van der Waals surface area contributed by atoms with Crippen molar-refractivity contribution in [3.8, 4) is 27.3 Å². The van der Waals surface area contributed by atoms with Crippen LogP contribution in [0.3, 0.4) is 0 Å². The van der Waals surface area contributed by atoms with Crippen LogP contribution in [0.15, 0.2) is 53.5 Å². The molecule has 0 radical (unpaired) electrons. The first-order valence-electron chi connectivity index (χ1n) is 12.0. The molecule has 1 saturated heterocycles. The third kappa shape index (κ3) is 3.18. The number of thiophene rings is 1. The number of halogens is 4. The number of nitrogens with zero attached hydrogens (tertiary/aromatic N) is 3. The zero-order valence-electron chi connectivity index (χ0n) is 19.8. The SMILES string of the molecule is O=C1c2c(O)c(=O)ccn2N([C@@H]2c3ccccc3-c3sc(F)c(F)c3-c3c2ccc(F)c3F)[C@@H]2COCCN12. The Hall–Kier alpha value is -4.16. The number of carbonyl (C=O) groups excluding carboxylic acids is 1. The molecule has 0 bridgehead atoms. The molecular formula is C27H17F4N3O4S. The largest absolute Gasteiger partial charge is 0.502 e. The lowest BCUT2D eigenvalue weighted by Crippen LogP contribution is -2.66. The van der Waals surface area contributed by atoms with Crippen LogP contribution < -0.4 is 10.4 Å². The molecule has 2 atom stereocenters. The first-order valence-corrected chi connectivity index (χ1v) is 12.8. The molecule has 4 aromatic rings. The molecule has 1 N–H and O–H groups in total. The van der Waals surface area contributed by atoms with E-state index in [0.717, 1.165) is 12.1 Å². The lowest BCUT2D eigenvalue weighted by Gasteiger charge is -2.51. The summed E-state index contributed by atoms with van der Waals surface area (Å²) in [7, 11) is 0. The maximum absolute atomic E-state index is 15.6. The summed E-state index contributed by atoms with van der Waals surface area (Å²) < 4.78 is 67.3. The van der Waals surface area contributed by atoms with E-state index in [4.69, 9.17) is 4.74 Å². The topological polar surface area (TPSA) is 75.0 Å². The van der Waals surface area contributed by atoms with Crippen molar-refractivity contribution < 1.29 is 32.2 Å². The van der Waals surface area contributed by atoms with Gasteiger partial charge < -0.3 is 14.7 Å². The highest BCUT2D eigenvalue weighted by atomic mass is 32.1. The van der Waals surface area contributed by atoms with Crippen LogP contribution in [0, 0.1) is 22.6 Å². The number of hydrogen-bond donors (Lipinski definition) is 1. The maximum Gasteiger partial charge on any atom is 0.278 e. The van der Waals surface area contributed by atoms with Crippen LogP contribution >= 0.6 is 11.3 Å². The minimum atomic E-state index is -1.35. The summed E-state index contributed by atoms with van der Waals surface area (Å²) >= 11 is 0.486. The van der Waals surface area contributed by atoms with Crippen LogP contribution in [0.4, 0.5) is 17.6 Å². The van der Waals surface area contributed by atoms with Gasteiger partial charge in [0.25, 0.3) is 5.91 Å². The summed E-state index contributed by atoms with van der Waals surface area (Å²) in [6, 6.07) is 8.96. The van der Waals surface area contributed by atoms with Gasteiger partial charge in [0, 0.05) is 34.8 Å². The third-order valence-corrected chi connectivity index (χ3v) is 8.41. The van der Waals surface area contributed by atoms with Gasteiger partial charge in [0.15, 0.2) is 28.9 Å². The number of morpholine rings is 1. The number of pyridine rings is 1. The van der Waals surface area contributed by atoms with Crippen LogP contribution in [0.25, 0.3) is 21.6 Å². The normalized spacial score (nSPS) is 19.5. The standard InChI is InChI=1S/C27H17F4N3O4S/c28-15-6-5-14-18(20(15)29)19-21(30)26(31)39-25(19)13-4-2-1-3-12(13)22(14)34-17-11-38-10-9-32(17)27(37)23-24(36)16(35)7-8-33(23)34/h1-8,17,22,36H,9-11H2/t17-,22-/m1/s1. The van der Waals surface area contributed by atoms with Crippen molar-refractivity contribution in [1.29, 1.82) is 0 Å². The average Bonchev–Trinajstić information content (AvgIpc) is 3.16. The summed E-state index contributed by atoms with van der Waals surface area (Å²) in [6.45, 7) is 0.350. The number of carbonyl (C=O) groups is 1. The third-order valence-electron chi connectivity index (χ3n) is 7.42. The number of benzene rings is 2. The van der Waals surface area contributed by atoms with Gasteiger partial charge in [-0.3, -0.25) is 19.3 Å². The molecule has 198 valence electrons. The summed E-state index contributed by atoms with van der Waals surface area (Å²) in [6.07, 6.45) is 0.502. The first kappa shape index (κ1) is 23.9. The van der Waals surface area contributed by atoms with Gasteiger partial charge in [-0.05, 0) is 22.8 Å². The number of rotatable bonds is 1. The molecule has 1 amide bonds. The number of hydrogen-bond acceptors (Lipinski definition) is 6. The van der Waals surface area contributed by atoms with Crippen LogP contribution in [-0.2, 0) is 4.74 Å². The van der Waals surface area contributed by atoms with Crippen molar-refractivity contribution >= 4 is 17.2 Å². The highest BCUT2D eigenvalue weighted by Crippen LogP contribution is 2.52. The molecule has 3 aliphatic rings. The molecule has 0 spiro atoms. The Kier molecular flexibility index (Phi) is 5.16. The van der Waals surface area contributed by atoms with Gasteiger partial charge >= 0.3 is 0 Å². The van der Waals surface area contributed by atoms with E-state index in [9.17, 15) is 23.5 Å². The summed E-state index contributed by atoms with van der Waals surface area (Å²) in [5, 5.41) is 11.1. The molecule has 2 aromatic carbocycles. The molecular weight excluding hydrogens is 538 g/mol. The monoisotopic (exact) mass is 555 g/mol. The van der Waals surface area contributed by atoms with E-state index in [1.807, 2.05) is 0 Å². The van der Waals surface area contributed by atoms with Gasteiger partial charge in [0.2, 0.25) is 10.6 Å². The lowest BCUT2D eigenvalue weighted by molar-refractivity contribution is -0.0196. The number of amides is 1. The van der Waals surface area contributed by atoms with E-state index in [0.29, 0.717) is 22.5 Å².